The highest BCUT2D eigenvalue weighted by Gasteiger charge is 2.19. The molecule has 104 valence electrons. The van der Waals surface area contributed by atoms with Crippen LogP contribution in [0.2, 0.25) is 0 Å². The molecule has 7 heteroatoms. The zero-order valence-corrected chi connectivity index (χ0v) is 10.3. The van der Waals surface area contributed by atoms with Crippen molar-refractivity contribution in [3.05, 3.63) is 35.1 Å². The summed E-state index contributed by atoms with van der Waals surface area (Å²) < 4.78 is 43.3. The fraction of sp³-hybridized carbons (Fsp3) is 0.333. The van der Waals surface area contributed by atoms with Crippen LogP contribution in [0.1, 0.15) is 12.5 Å². The zero-order valence-electron chi connectivity index (χ0n) is 10.3. The number of benzene rings is 1. The first-order chi connectivity index (χ1) is 8.86. The van der Waals surface area contributed by atoms with E-state index in [4.69, 9.17) is 0 Å². The molecule has 1 aromatic carbocycles. The monoisotopic (exact) mass is 275 g/mol. The first kappa shape index (κ1) is 15.0. The van der Waals surface area contributed by atoms with Gasteiger partial charge >= 0.3 is 5.97 Å². The summed E-state index contributed by atoms with van der Waals surface area (Å²) in [5.41, 5.74) is -0.298. The Morgan fingerprint density at radius 2 is 1.89 bits per heavy atom. The lowest BCUT2D eigenvalue weighted by molar-refractivity contribution is -0.144. The van der Waals surface area contributed by atoms with Gasteiger partial charge in [0.1, 0.15) is 6.04 Å². The van der Waals surface area contributed by atoms with Gasteiger partial charge in [-0.1, -0.05) is 6.07 Å². The second kappa shape index (κ2) is 6.21. The Labute approximate surface area is 107 Å². The fourth-order valence-electron chi connectivity index (χ4n) is 1.40. The number of hydrogen-bond donors (Lipinski definition) is 1. The number of rotatable bonds is 4. The van der Waals surface area contributed by atoms with Gasteiger partial charge in [0.15, 0.2) is 17.5 Å². The molecule has 19 heavy (non-hydrogen) atoms. The van der Waals surface area contributed by atoms with Crippen LogP contribution in [-0.4, -0.2) is 25.0 Å². The number of methoxy groups -OCH3 is 1. The van der Waals surface area contributed by atoms with Gasteiger partial charge in [-0.25, -0.2) is 18.0 Å². The van der Waals surface area contributed by atoms with Crippen molar-refractivity contribution in [3.8, 4) is 0 Å². The number of carbonyl (C=O) groups is 2. The minimum atomic E-state index is -1.63. The Balaban J connectivity index is 2.73. The van der Waals surface area contributed by atoms with Crippen molar-refractivity contribution < 1.29 is 27.5 Å². The smallest absolute Gasteiger partial charge is 0.328 e. The van der Waals surface area contributed by atoms with E-state index in [0.717, 1.165) is 19.2 Å². The van der Waals surface area contributed by atoms with Crippen LogP contribution in [-0.2, 0) is 20.7 Å². The number of nitrogens with one attached hydrogen (secondary N) is 1. The van der Waals surface area contributed by atoms with Crippen molar-refractivity contribution in [2.45, 2.75) is 19.4 Å². The zero-order chi connectivity index (χ0) is 14.6. The van der Waals surface area contributed by atoms with Crippen molar-refractivity contribution in [2.24, 2.45) is 0 Å². The third-order valence-corrected chi connectivity index (χ3v) is 2.40. The van der Waals surface area contributed by atoms with Gasteiger partial charge in [-0.2, -0.15) is 0 Å². The van der Waals surface area contributed by atoms with E-state index < -0.39 is 41.8 Å². The highest BCUT2D eigenvalue weighted by molar-refractivity contribution is 5.85. The first-order valence-corrected chi connectivity index (χ1v) is 5.36. The third kappa shape index (κ3) is 3.70. The maximum Gasteiger partial charge on any atom is 0.328 e. The number of hydrogen-bond acceptors (Lipinski definition) is 3. The Morgan fingerprint density at radius 1 is 1.26 bits per heavy atom. The van der Waals surface area contributed by atoms with E-state index in [-0.39, 0.29) is 5.56 Å². The van der Waals surface area contributed by atoms with Crippen molar-refractivity contribution in [1.82, 2.24) is 5.32 Å². The molecule has 0 aliphatic carbocycles. The van der Waals surface area contributed by atoms with E-state index in [1.807, 2.05) is 0 Å². The Hall–Kier alpha value is -2.05. The van der Waals surface area contributed by atoms with Crippen molar-refractivity contribution in [1.29, 1.82) is 0 Å². The molecule has 1 amide bonds. The lowest BCUT2D eigenvalue weighted by atomic mass is 10.1. The average molecular weight is 275 g/mol. The molecule has 0 aromatic heterocycles. The Morgan fingerprint density at radius 3 is 2.47 bits per heavy atom. The van der Waals surface area contributed by atoms with E-state index >= 15 is 0 Å². The Bertz CT molecular complexity index is 505. The van der Waals surface area contributed by atoms with E-state index in [1.165, 1.54) is 6.92 Å². The van der Waals surface area contributed by atoms with E-state index in [1.54, 1.807) is 0 Å². The maximum atomic E-state index is 13.3. The summed E-state index contributed by atoms with van der Waals surface area (Å²) in [6.45, 7) is 1.38. The molecule has 1 N–H and O–H groups in total. The lowest BCUT2D eigenvalue weighted by Gasteiger charge is -2.11. The molecule has 1 rings (SSSR count). The molecule has 0 saturated carbocycles. The molecule has 0 fully saturated rings. The molecule has 0 aliphatic rings. The van der Waals surface area contributed by atoms with Crippen LogP contribution in [0.3, 0.4) is 0 Å². The van der Waals surface area contributed by atoms with Gasteiger partial charge in [0.25, 0.3) is 0 Å². The summed E-state index contributed by atoms with van der Waals surface area (Å²) in [5.74, 6) is -5.75. The summed E-state index contributed by atoms with van der Waals surface area (Å²) in [7, 11) is 1.15. The van der Waals surface area contributed by atoms with Crippen LogP contribution in [0.5, 0.6) is 0 Å². The summed E-state index contributed by atoms with van der Waals surface area (Å²) in [6, 6.07) is 0.784. The van der Waals surface area contributed by atoms with Crippen LogP contribution in [0.4, 0.5) is 13.2 Å². The molecule has 1 atom stereocenters. The molecular weight excluding hydrogens is 263 g/mol. The molecule has 0 bridgehead atoms. The van der Waals surface area contributed by atoms with Gasteiger partial charge in [0.05, 0.1) is 13.5 Å². The standard InChI is InChI=1S/C12H12F3NO3/c1-6(12(18)19-2)16-9(17)5-7-3-4-8(13)11(15)10(7)14/h3-4,6H,5H2,1-2H3,(H,16,17). The molecule has 1 unspecified atom stereocenters. The summed E-state index contributed by atoms with van der Waals surface area (Å²) in [4.78, 5) is 22.5. The van der Waals surface area contributed by atoms with Crippen LogP contribution in [0.25, 0.3) is 0 Å². The molecule has 0 aliphatic heterocycles. The van der Waals surface area contributed by atoms with Gasteiger partial charge in [-0.15, -0.1) is 0 Å². The highest BCUT2D eigenvalue weighted by Crippen LogP contribution is 2.15. The van der Waals surface area contributed by atoms with Crippen molar-refractivity contribution >= 4 is 11.9 Å². The van der Waals surface area contributed by atoms with Gasteiger partial charge in [0.2, 0.25) is 5.91 Å². The first-order valence-electron chi connectivity index (χ1n) is 5.36. The SMILES string of the molecule is COC(=O)C(C)NC(=O)Cc1ccc(F)c(F)c1F. The van der Waals surface area contributed by atoms with E-state index in [2.05, 4.69) is 10.1 Å². The minimum absolute atomic E-state index is 0.298. The van der Waals surface area contributed by atoms with Crippen LogP contribution < -0.4 is 5.32 Å². The number of ether oxygens (including phenoxy) is 1. The van der Waals surface area contributed by atoms with Gasteiger partial charge < -0.3 is 10.1 Å². The Kier molecular flexibility index (Phi) is 4.91. The summed E-state index contributed by atoms with van der Waals surface area (Å²) in [6.07, 6.45) is -0.510. The summed E-state index contributed by atoms with van der Waals surface area (Å²) in [5, 5.41) is 2.24. The number of amides is 1. The van der Waals surface area contributed by atoms with E-state index in [9.17, 15) is 22.8 Å². The lowest BCUT2D eigenvalue weighted by Crippen LogP contribution is -2.40. The third-order valence-electron chi connectivity index (χ3n) is 2.40. The van der Waals surface area contributed by atoms with Gasteiger partial charge in [-0.05, 0) is 13.0 Å². The molecule has 0 radical (unpaired) electrons. The second-order valence-corrected chi connectivity index (χ2v) is 3.82. The summed E-state index contributed by atoms with van der Waals surface area (Å²) >= 11 is 0. The average Bonchev–Trinajstić information content (AvgIpc) is 2.38. The maximum absolute atomic E-state index is 13.3. The topological polar surface area (TPSA) is 55.4 Å². The largest absolute Gasteiger partial charge is 0.467 e. The highest BCUT2D eigenvalue weighted by atomic mass is 19.2. The molecule has 0 spiro atoms. The van der Waals surface area contributed by atoms with Crippen LogP contribution in [0.15, 0.2) is 12.1 Å². The molecular formula is C12H12F3NO3. The van der Waals surface area contributed by atoms with Crippen LogP contribution >= 0.6 is 0 Å². The predicted octanol–water partition coefficient (Wildman–Crippen LogP) is 1.32. The normalized spacial score (nSPS) is 11.8. The van der Waals surface area contributed by atoms with Crippen LogP contribution in [0, 0.1) is 17.5 Å². The van der Waals surface area contributed by atoms with E-state index in [0.29, 0.717) is 0 Å². The quantitative estimate of drug-likeness (QED) is 0.666. The number of halogens is 3. The molecule has 0 heterocycles. The minimum Gasteiger partial charge on any atom is -0.467 e. The second-order valence-electron chi connectivity index (χ2n) is 3.82. The van der Waals surface area contributed by atoms with Crippen molar-refractivity contribution in [3.63, 3.8) is 0 Å². The number of esters is 1. The van der Waals surface area contributed by atoms with Gasteiger partial charge in [-0.3, -0.25) is 4.79 Å². The molecule has 0 saturated heterocycles. The molecule has 1 aromatic rings. The predicted molar refractivity (Wildman–Crippen MR) is 59.6 cm³/mol. The van der Waals surface area contributed by atoms with Crippen molar-refractivity contribution in [2.75, 3.05) is 7.11 Å². The molecule has 4 nitrogen and oxygen atoms in total. The number of carbonyl (C=O) groups excluding carboxylic acids is 2. The van der Waals surface area contributed by atoms with Gasteiger partial charge in [0, 0.05) is 5.56 Å². The fourth-order valence-corrected chi connectivity index (χ4v) is 1.40.